The Morgan fingerprint density at radius 2 is 2.00 bits per heavy atom. The minimum atomic E-state index is -1.36. The average Bonchev–Trinajstić information content (AvgIpc) is 2.16. The molecule has 0 saturated carbocycles. The lowest BCUT2D eigenvalue weighted by Gasteiger charge is -2.16. The molecule has 1 rings (SSSR count). The number of benzene rings is 1. The summed E-state index contributed by atoms with van der Waals surface area (Å²) in [4.78, 5) is 21.1. The molecule has 0 fully saturated rings. The zero-order valence-corrected chi connectivity index (χ0v) is 8.53. The number of halogens is 2. The fraction of sp³-hybridized carbons (Fsp3) is 0.222. The van der Waals surface area contributed by atoms with Crippen molar-refractivity contribution >= 4 is 17.3 Å². The molecule has 7 heteroatoms. The van der Waals surface area contributed by atoms with E-state index in [0.29, 0.717) is 11.0 Å². The molecule has 5 nitrogen and oxygen atoms in total. The maximum Gasteiger partial charge on any atom is 0.307 e. The molecule has 0 aliphatic heterocycles. The van der Waals surface area contributed by atoms with Crippen LogP contribution in [0.5, 0.6) is 0 Å². The van der Waals surface area contributed by atoms with Gasteiger partial charge in [0.1, 0.15) is 11.5 Å². The summed E-state index contributed by atoms with van der Waals surface area (Å²) in [6.07, 6.45) is 0. The molecule has 0 bridgehead atoms. The number of carbonyl (C=O) groups excluding carboxylic acids is 1. The number of carbonyl (C=O) groups is 1. The molecule has 0 aliphatic carbocycles. The molecule has 86 valence electrons. The Hall–Kier alpha value is -2.05. The van der Waals surface area contributed by atoms with Crippen molar-refractivity contribution in [3.05, 3.63) is 33.9 Å². The van der Waals surface area contributed by atoms with Gasteiger partial charge in [0.15, 0.2) is 0 Å². The number of hydrogen-bond acceptors (Lipinski definition) is 3. The second kappa shape index (κ2) is 4.21. The molecule has 0 N–H and O–H groups in total. The van der Waals surface area contributed by atoms with Gasteiger partial charge in [0, 0.05) is 20.0 Å². The quantitative estimate of drug-likeness (QED) is 0.575. The van der Waals surface area contributed by atoms with Crippen LogP contribution < -0.4 is 4.90 Å². The van der Waals surface area contributed by atoms with E-state index in [1.807, 2.05) is 0 Å². The molecule has 16 heavy (non-hydrogen) atoms. The minimum Gasteiger partial charge on any atom is -0.310 e. The van der Waals surface area contributed by atoms with Gasteiger partial charge in [-0.05, 0) is 6.07 Å². The van der Waals surface area contributed by atoms with Gasteiger partial charge in [-0.1, -0.05) is 0 Å². The Balaban J connectivity index is 3.43. The number of hydrogen-bond donors (Lipinski definition) is 0. The predicted molar refractivity (Wildman–Crippen MR) is 52.1 cm³/mol. The number of nitrogens with zero attached hydrogens (tertiary/aromatic N) is 2. The zero-order chi connectivity index (χ0) is 12.5. The number of nitro groups is 1. The fourth-order valence-corrected chi connectivity index (χ4v) is 1.14. The minimum absolute atomic E-state index is 0.627. The number of amides is 1. The van der Waals surface area contributed by atoms with Gasteiger partial charge in [0.25, 0.3) is 0 Å². The first-order chi connectivity index (χ1) is 7.36. The van der Waals surface area contributed by atoms with E-state index in [-0.39, 0.29) is 0 Å². The first-order valence-electron chi connectivity index (χ1n) is 4.23. The molecule has 0 unspecified atom stereocenters. The van der Waals surface area contributed by atoms with Crippen LogP contribution in [0.2, 0.25) is 0 Å². The van der Waals surface area contributed by atoms with E-state index < -0.39 is 33.8 Å². The van der Waals surface area contributed by atoms with Gasteiger partial charge < -0.3 is 4.90 Å². The molecule has 0 saturated heterocycles. The fourth-order valence-electron chi connectivity index (χ4n) is 1.14. The molecular formula is C9H8F2N2O3. The van der Waals surface area contributed by atoms with E-state index >= 15 is 0 Å². The van der Waals surface area contributed by atoms with Crippen LogP contribution in [-0.4, -0.2) is 17.9 Å². The van der Waals surface area contributed by atoms with Crippen molar-refractivity contribution in [3.8, 4) is 0 Å². The highest BCUT2D eigenvalue weighted by atomic mass is 19.1. The monoisotopic (exact) mass is 230 g/mol. The third kappa shape index (κ3) is 1.97. The van der Waals surface area contributed by atoms with Crippen LogP contribution in [0.3, 0.4) is 0 Å². The molecule has 1 amide bonds. The van der Waals surface area contributed by atoms with E-state index in [2.05, 4.69) is 0 Å². The summed E-state index contributed by atoms with van der Waals surface area (Å²) in [6.45, 7) is 1.09. The number of anilines is 1. The van der Waals surface area contributed by atoms with E-state index in [0.717, 1.165) is 20.0 Å². The van der Waals surface area contributed by atoms with Crippen LogP contribution in [0.25, 0.3) is 0 Å². The highest BCUT2D eigenvalue weighted by molar-refractivity contribution is 5.91. The summed E-state index contributed by atoms with van der Waals surface area (Å²) >= 11 is 0. The average molecular weight is 230 g/mol. The van der Waals surface area contributed by atoms with Gasteiger partial charge >= 0.3 is 5.69 Å². The Morgan fingerprint density at radius 3 is 2.44 bits per heavy atom. The van der Waals surface area contributed by atoms with Gasteiger partial charge in [-0.3, -0.25) is 14.9 Å². The van der Waals surface area contributed by atoms with Crippen molar-refractivity contribution in [1.82, 2.24) is 0 Å². The van der Waals surface area contributed by atoms with Crippen molar-refractivity contribution in [1.29, 1.82) is 0 Å². The van der Waals surface area contributed by atoms with Gasteiger partial charge in [0.2, 0.25) is 11.7 Å². The molecule has 0 spiro atoms. The van der Waals surface area contributed by atoms with Crippen LogP contribution in [0, 0.1) is 21.7 Å². The molecule has 1 aromatic rings. The molecule has 0 heterocycles. The van der Waals surface area contributed by atoms with Crippen molar-refractivity contribution in [2.75, 3.05) is 11.9 Å². The third-order valence-corrected chi connectivity index (χ3v) is 2.05. The zero-order valence-electron chi connectivity index (χ0n) is 8.53. The highest BCUT2D eigenvalue weighted by Gasteiger charge is 2.25. The van der Waals surface area contributed by atoms with Crippen molar-refractivity contribution < 1.29 is 18.5 Å². The number of rotatable bonds is 2. The topological polar surface area (TPSA) is 63.5 Å². The lowest BCUT2D eigenvalue weighted by atomic mass is 10.2. The summed E-state index contributed by atoms with van der Waals surface area (Å²) in [6, 6.07) is 1.46. The first-order valence-corrected chi connectivity index (χ1v) is 4.23. The van der Waals surface area contributed by atoms with Gasteiger partial charge in [0.05, 0.1) is 4.92 Å². The van der Waals surface area contributed by atoms with E-state index in [1.165, 1.54) is 0 Å². The summed E-state index contributed by atoms with van der Waals surface area (Å²) in [7, 11) is 1.13. The smallest absolute Gasteiger partial charge is 0.307 e. The normalized spacial score (nSPS) is 10.0. The third-order valence-electron chi connectivity index (χ3n) is 2.05. The van der Waals surface area contributed by atoms with Gasteiger partial charge in [-0.2, -0.15) is 4.39 Å². The largest absolute Gasteiger partial charge is 0.310 e. The second-order valence-electron chi connectivity index (χ2n) is 3.06. The van der Waals surface area contributed by atoms with E-state index in [4.69, 9.17) is 0 Å². The predicted octanol–water partition coefficient (Wildman–Crippen LogP) is 1.86. The van der Waals surface area contributed by atoms with Gasteiger partial charge in [-0.25, -0.2) is 4.39 Å². The van der Waals surface area contributed by atoms with E-state index in [1.54, 1.807) is 0 Å². The molecular weight excluding hydrogens is 222 g/mol. The molecule has 0 aromatic heterocycles. The van der Waals surface area contributed by atoms with Crippen LogP contribution in [0.4, 0.5) is 20.2 Å². The Bertz CT molecular complexity index is 462. The molecule has 0 atom stereocenters. The second-order valence-corrected chi connectivity index (χ2v) is 3.06. The highest BCUT2D eigenvalue weighted by Crippen LogP contribution is 2.29. The van der Waals surface area contributed by atoms with Gasteiger partial charge in [-0.15, -0.1) is 0 Å². The Morgan fingerprint density at radius 1 is 1.44 bits per heavy atom. The van der Waals surface area contributed by atoms with Crippen molar-refractivity contribution in [2.24, 2.45) is 0 Å². The van der Waals surface area contributed by atoms with Crippen molar-refractivity contribution in [2.45, 2.75) is 6.92 Å². The number of nitro benzene ring substituents is 1. The first kappa shape index (κ1) is 12.0. The summed E-state index contributed by atoms with van der Waals surface area (Å²) in [5, 5.41) is 10.4. The van der Waals surface area contributed by atoms with Crippen LogP contribution >= 0.6 is 0 Å². The van der Waals surface area contributed by atoms with E-state index in [9.17, 15) is 23.7 Å². The van der Waals surface area contributed by atoms with Crippen LogP contribution in [-0.2, 0) is 4.79 Å². The summed E-state index contributed by atoms with van der Waals surface area (Å²) in [5.74, 6) is -3.01. The molecule has 0 aliphatic rings. The Labute approximate surface area is 89.4 Å². The summed E-state index contributed by atoms with van der Waals surface area (Å²) in [5.41, 5.74) is -1.59. The van der Waals surface area contributed by atoms with Crippen LogP contribution in [0.1, 0.15) is 6.92 Å². The molecule has 0 radical (unpaired) electrons. The lowest BCUT2D eigenvalue weighted by Crippen LogP contribution is -2.25. The standard InChI is InChI=1S/C9H8F2N2O3/c1-5(14)12(2)9-6(10)3-4-7(8(9)11)13(15)16/h3-4H,1-2H3. The maximum absolute atomic E-state index is 13.5. The molecule has 1 aromatic carbocycles. The Kier molecular flexibility index (Phi) is 3.17. The summed E-state index contributed by atoms with van der Waals surface area (Å²) < 4.78 is 26.8. The lowest BCUT2D eigenvalue weighted by molar-refractivity contribution is -0.387. The van der Waals surface area contributed by atoms with Crippen molar-refractivity contribution in [3.63, 3.8) is 0 Å². The van der Waals surface area contributed by atoms with Crippen LogP contribution in [0.15, 0.2) is 12.1 Å². The SMILES string of the molecule is CC(=O)N(C)c1c(F)ccc([N+](=O)[O-])c1F. The maximum atomic E-state index is 13.5.